The number of nitrogens with zero attached hydrogens (tertiary/aromatic N) is 1. The zero-order chi connectivity index (χ0) is 27.7. The summed E-state index contributed by atoms with van der Waals surface area (Å²) in [7, 11) is -1.98. The van der Waals surface area contributed by atoms with Crippen LogP contribution in [0.1, 0.15) is 50.4 Å². The minimum absolute atomic E-state index is 0.0219. The highest BCUT2D eigenvalue weighted by molar-refractivity contribution is 7.92. The summed E-state index contributed by atoms with van der Waals surface area (Å²) >= 11 is 0. The maximum atomic E-state index is 14.0. The molecular weight excluding hydrogens is 506 g/mol. The number of aliphatic hydroxyl groups excluding tert-OH is 1. The second-order valence-corrected chi connectivity index (χ2v) is 11.7. The van der Waals surface area contributed by atoms with E-state index in [9.17, 15) is 18.3 Å². The van der Waals surface area contributed by atoms with Crippen molar-refractivity contribution < 1.29 is 27.8 Å². The zero-order valence-corrected chi connectivity index (χ0v) is 23.5. The highest BCUT2D eigenvalue weighted by Crippen LogP contribution is 2.29. The van der Waals surface area contributed by atoms with Crippen LogP contribution < -0.4 is 14.8 Å². The molecule has 1 aliphatic heterocycles. The molecule has 10 heteroatoms. The normalized spacial score (nSPS) is 22.6. The minimum atomic E-state index is -3.85. The monoisotopic (exact) mass is 547 g/mol. The number of likely N-dealkylation sites (N-methyl/N-ethyl adjacent to an activating group) is 1. The number of sulfonamides is 1. The lowest BCUT2D eigenvalue weighted by Gasteiger charge is -2.34. The lowest BCUT2D eigenvalue weighted by Crippen LogP contribution is -2.47. The summed E-state index contributed by atoms with van der Waals surface area (Å²) in [5.74, 6) is 0.0149. The fourth-order valence-electron chi connectivity index (χ4n) is 4.49. The Bertz CT molecular complexity index is 1140. The Balaban J connectivity index is 2.02. The van der Waals surface area contributed by atoms with Crippen LogP contribution >= 0.6 is 0 Å². The Labute approximate surface area is 226 Å². The van der Waals surface area contributed by atoms with Gasteiger partial charge in [-0.05, 0) is 70.5 Å². The highest BCUT2D eigenvalue weighted by Gasteiger charge is 2.30. The van der Waals surface area contributed by atoms with E-state index < -0.39 is 16.1 Å². The average molecular weight is 548 g/mol. The van der Waals surface area contributed by atoms with Crippen LogP contribution in [0.4, 0.5) is 5.69 Å². The van der Waals surface area contributed by atoms with Gasteiger partial charge in [-0.15, -0.1) is 0 Å². The van der Waals surface area contributed by atoms with Gasteiger partial charge in [0.25, 0.3) is 15.9 Å². The van der Waals surface area contributed by atoms with Crippen LogP contribution in [0.25, 0.3) is 0 Å². The van der Waals surface area contributed by atoms with E-state index in [1.807, 2.05) is 20.9 Å². The Hall–Kier alpha value is -2.66. The summed E-state index contributed by atoms with van der Waals surface area (Å²) in [6.45, 7) is 7.15. The standard InChI is InChI=1S/C28H41N3O6S/c1-20-18-31(21(2)19-32)28(33)25-16-23(30-38(34,35)24-11-6-5-7-12-24)13-14-26(25)37-22(3)10-8-9-15-36-27(20)17-29-4/h5-7,11-14,16,20-22,27,29-30,32H,8-10,15,17-19H2,1-4H3/t20-,21-,22-,27+/m0/s1. The lowest BCUT2D eigenvalue weighted by molar-refractivity contribution is -0.000450. The summed E-state index contributed by atoms with van der Waals surface area (Å²) in [6.07, 6.45) is 2.31. The first-order valence-corrected chi connectivity index (χ1v) is 14.7. The van der Waals surface area contributed by atoms with Gasteiger partial charge in [-0.3, -0.25) is 9.52 Å². The SMILES string of the molecule is CNC[C@H]1OCCCC[C@H](C)Oc2ccc(NS(=O)(=O)c3ccccc3)cc2C(=O)N([C@@H](C)CO)C[C@@H]1C. The van der Waals surface area contributed by atoms with Gasteiger partial charge in [0.2, 0.25) is 0 Å². The molecule has 0 radical (unpaired) electrons. The van der Waals surface area contributed by atoms with Crippen LogP contribution in [0, 0.1) is 5.92 Å². The molecule has 9 nitrogen and oxygen atoms in total. The molecule has 0 aromatic heterocycles. The van der Waals surface area contributed by atoms with Gasteiger partial charge in [0.15, 0.2) is 0 Å². The van der Waals surface area contributed by atoms with E-state index in [2.05, 4.69) is 10.0 Å². The topological polar surface area (TPSA) is 117 Å². The Morgan fingerprint density at radius 2 is 1.87 bits per heavy atom. The molecule has 3 rings (SSSR count). The van der Waals surface area contributed by atoms with Crippen molar-refractivity contribution in [1.82, 2.24) is 10.2 Å². The van der Waals surface area contributed by atoms with E-state index in [4.69, 9.17) is 9.47 Å². The highest BCUT2D eigenvalue weighted by atomic mass is 32.2. The largest absolute Gasteiger partial charge is 0.490 e. The van der Waals surface area contributed by atoms with Gasteiger partial charge < -0.3 is 24.8 Å². The fraction of sp³-hybridized carbons (Fsp3) is 0.536. The molecular formula is C28H41N3O6S. The molecule has 38 heavy (non-hydrogen) atoms. The quantitative estimate of drug-likeness (QED) is 0.486. The molecule has 1 aliphatic rings. The molecule has 0 aliphatic carbocycles. The first-order chi connectivity index (χ1) is 18.2. The van der Waals surface area contributed by atoms with E-state index in [1.54, 1.807) is 42.2 Å². The van der Waals surface area contributed by atoms with Crippen molar-refractivity contribution >= 4 is 21.6 Å². The molecule has 0 unspecified atom stereocenters. The summed E-state index contributed by atoms with van der Waals surface area (Å²) < 4.78 is 40.8. The van der Waals surface area contributed by atoms with Crippen LogP contribution in [0.5, 0.6) is 5.75 Å². The van der Waals surface area contributed by atoms with Crippen molar-refractivity contribution in [2.24, 2.45) is 5.92 Å². The van der Waals surface area contributed by atoms with Crippen LogP contribution in [-0.2, 0) is 14.8 Å². The smallest absolute Gasteiger partial charge is 0.261 e. The van der Waals surface area contributed by atoms with Crippen molar-refractivity contribution in [3.63, 3.8) is 0 Å². The van der Waals surface area contributed by atoms with Gasteiger partial charge in [-0.25, -0.2) is 8.42 Å². The number of carbonyl (C=O) groups excluding carboxylic acids is 1. The third-order valence-electron chi connectivity index (χ3n) is 6.76. The van der Waals surface area contributed by atoms with Crippen LogP contribution in [0.15, 0.2) is 53.4 Å². The van der Waals surface area contributed by atoms with E-state index in [0.29, 0.717) is 25.4 Å². The predicted molar refractivity (Wildman–Crippen MR) is 148 cm³/mol. The van der Waals surface area contributed by atoms with Crippen molar-refractivity contribution in [1.29, 1.82) is 0 Å². The van der Waals surface area contributed by atoms with Gasteiger partial charge >= 0.3 is 0 Å². The number of nitrogens with one attached hydrogen (secondary N) is 2. The molecule has 1 heterocycles. The number of benzene rings is 2. The first-order valence-electron chi connectivity index (χ1n) is 13.2. The van der Waals surface area contributed by atoms with E-state index in [0.717, 1.165) is 19.3 Å². The van der Waals surface area contributed by atoms with Crippen molar-refractivity contribution in [2.45, 2.75) is 63.2 Å². The molecule has 0 saturated carbocycles. The van der Waals surface area contributed by atoms with E-state index in [1.165, 1.54) is 18.2 Å². The number of ether oxygens (including phenoxy) is 2. The average Bonchev–Trinajstić information content (AvgIpc) is 2.90. The number of anilines is 1. The molecule has 210 valence electrons. The third kappa shape index (κ3) is 7.92. The predicted octanol–water partition coefficient (Wildman–Crippen LogP) is 3.50. The van der Waals surface area contributed by atoms with Gasteiger partial charge in [-0.2, -0.15) is 0 Å². The zero-order valence-electron chi connectivity index (χ0n) is 22.7. The molecule has 0 fully saturated rings. The Kier molecular flexibility index (Phi) is 11.0. The van der Waals surface area contributed by atoms with Gasteiger partial charge in [0.1, 0.15) is 5.75 Å². The molecule has 0 saturated heterocycles. The number of hydrogen-bond acceptors (Lipinski definition) is 7. The molecule has 1 amide bonds. The summed E-state index contributed by atoms with van der Waals surface area (Å²) in [6, 6.07) is 12.3. The van der Waals surface area contributed by atoms with E-state index in [-0.39, 0.29) is 46.8 Å². The third-order valence-corrected chi connectivity index (χ3v) is 8.16. The summed E-state index contributed by atoms with van der Waals surface area (Å²) in [4.78, 5) is 15.7. The molecule has 4 atom stereocenters. The maximum absolute atomic E-state index is 14.0. The fourth-order valence-corrected chi connectivity index (χ4v) is 5.56. The molecule has 2 aromatic rings. The Morgan fingerprint density at radius 1 is 1.13 bits per heavy atom. The number of amides is 1. The van der Waals surface area contributed by atoms with Gasteiger partial charge in [0.05, 0.1) is 35.3 Å². The van der Waals surface area contributed by atoms with Gasteiger partial charge in [-0.1, -0.05) is 25.1 Å². The van der Waals surface area contributed by atoms with Crippen LogP contribution in [0.3, 0.4) is 0 Å². The molecule has 3 N–H and O–H groups in total. The number of fused-ring (bicyclic) bond motifs is 1. The number of rotatable bonds is 7. The first kappa shape index (κ1) is 29.9. The molecule has 2 aromatic carbocycles. The second-order valence-electron chi connectivity index (χ2n) is 9.99. The van der Waals surface area contributed by atoms with Gasteiger partial charge in [0, 0.05) is 31.3 Å². The number of hydrogen-bond donors (Lipinski definition) is 3. The maximum Gasteiger partial charge on any atom is 0.261 e. The van der Waals surface area contributed by atoms with Crippen LogP contribution in [0.2, 0.25) is 0 Å². The number of aliphatic hydroxyl groups is 1. The van der Waals surface area contributed by atoms with Crippen molar-refractivity contribution in [2.75, 3.05) is 38.1 Å². The van der Waals surface area contributed by atoms with Crippen LogP contribution in [-0.4, -0.2) is 75.9 Å². The minimum Gasteiger partial charge on any atom is -0.490 e. The Morgan fingerprint density at radius 3 is 2.55 bits per heavy atom. The van der Waals surface area contributed by atoms with Crippen molar-refractivity contribution in [3.8, 4) is 5.75 Å². The number of carbonyl (C=O) groups is 1. The second kappa shape index (κ2) is 13.9. The molecule has 0 spiro atoms. The summed E-state index contributed by atoms with van der Waals surface area (Å²) in [5, 5.41) is 13.2. The molecule has 0 bridgehead atoms. The van der Waals surface area contributed by atoms with Crippen molar-refractivity contribution in [3.05, 3.63) is 54.1 Å². The van der Waals surface area contributed by atoms with E-state index >= 15 is 0 Å². The summed E-state index contributed by atoms with van der Waals surface area (Å²) in [5.41, 5.74) is 0.486. The lowest BCUT2D eigenvalue weighted by atomic mass is 10.0.